The number of hydrogen-bond donors (Lipinski definition) is 1. The van der Waals surface area contributed by atoms with Gasteiger partial charge in [-0.2, -0.15) is 5.10 Å². The molecule has 7 heteroatoms. The Morgan fingerprint density at radius 1 is 1.41 bits per heavy atom. The first-order valence-corrected chi connectivity index (χ1v) is 7.26. The molecular formula is C15H19N5O2. The lowest BCUT2D eigenvalue weighted by molar-refractivity contribution is 0.0817. The summed E-state index contributed by atoms with van der Waals surface area (Å²) in [6, 6.07) is 1.62. The van der Waals surface area contributed by atoms with Crippen LogP contribution in [0.5, 0.6) is 0 Å². The van der Waals surface area contributed by atoms with Crippen LogP contribution in [-0.2, 0) is 11.8 Å². The molecule has 1 aliphatic rings. The maximum absolute atomic E-state index is 12.4. The van der Waals surface area contributed by atoms with Gasteiger partial charge in [0, 0.05) is 31.1 Å². The van der Waals surface area contributed by atoms with Crippen molar-refractivity contribution in [1.29, 1.82) is 0 Å². The van der Waals surface area contributed by atoms with Gasteiger partial charge in [-0.3, -0.25) is 9.48 Å². The SMILES string of the molecule is Cc1cc(C(=O)N[C@H]2CCO[C@@H]2c2cnn(C)c2)nc(C)n1. The monoisotopic (exact) mass is 301 g/mol. The Bertz CT molecular complexity index is 677. The Morgan fingerprint density at radius 3 is 2.91 bits per heavy atom. The number of nitrogens with one attached hydrogen (secondary N) is 1. The van der Waals surface area contributed by atoms with Crippen LogP contribution in [0.1, 0.15) is 40.1 Å². The van der Waals surface area contributed by atoms with Gasteiger partial charge in [-0.05, 0) is 26.3 Å². The van der Waals surface area contributed by atoms with Crippen LogP contribution in [0.3, 0.4) is 0 Å². The summed E-state index contributed by atoms with van der Waals surface area (Å²) in [5, 5.41) is 7.18. The Balaban J connectivity index is 1.75. The molecule has 2 atom stereocenters. The van der Waals surface area contributed by atoms with Crippen molar-refractivity contribution >= 4 is 5.91 Å². The van der Waals surface area contributed by atoms with Gasteiger partial charge >= 0.3 is 0 Å². The van der Waals surface area contributed by atoms with Crippen molar-refractivity contribution in [3.8, 4) is 0 Å². The van der Waals surface area contributed by atoms with Crippen molar-refractivity contribution in [3.63, 3.8) is 0 Å². The average Bonchev–Trinajstić information content (AvgIpc) is 3.06. The van der Waals surface area contributed by atoms with E-state index in [4.69, 9.17) is 4.74 Å². The Hall–Kier alpha value is -2.28. The molecule has 7 nitrogen and oxygen atoms in total. The van der Waals surface area contributed by atoms with Gasteiger partial charge in [-0.25, -0.2) is 9.97 Å². The molecule has 1 aliphatic heterocycles. The summed E-state index contributed by atoms with van der Waals surface area (Å²) in [6.07, 6.45) is 4.29. The van der Waals surface area contributed by atoms with Crippen LogP contribution in [0.2, 0.25) is 0 Å². The third-order valence-corrected chi connectivity index (χ3v) is 3.66. The van der Waals surface area contributed by atoms with Crippen LogP contribution >= 0.6 is 0 Å². The number of aromatic nitrogens is 4. The zero-order valence-electron chi connectivity index (χ0n) is 12.9. The predicted molar refractivity (Wildman–Crippen MR) is 79.3 cm³/mol. The average molecular weight is 301 g/mol. The topological polar surface area (TPSA) is 81.9 Å². The lowest BCUT2D eigenvalue weighted by Gasteiger charge is -2.18. The number of hydrogen-bond acceptors (Lipinski definition) is 5. The number of carbonyl (C=O) groups excluding carboxylic acids is 1. The number of rotatable bonds is 3. The van der Waals surface area contributed by atoms with E-state index in [0.29, 0.717) is 18.1 Å². The second-order valence-electron chi connectivity index (χ2n) is 5.55. The van der Waals surface area contributed by atoms with Gasteiger partial charge < -0.3 is 10.1 Å². The first-order valence-electron chi connectivity index (χ1n) is 7.26. The third-order valence-electron chi connectivity index (χ3n) is 3.66. The molecule has 2 aromatic rings. The zero-order valence-corrected chi connectivity index (χ0v) is 12.9. The number of carbonyl (C=O) groups is 1. The number of nitrogens with zero attached hydrogens (tertiary/aromatic N) is 4. The molecule has 0 aliphatic carbocycles. The molecule has 0 spiro atoms. The molecule has 0 bridgehead atoms. The summed E-state index contributed by atoms with van der Waals surface area (Å²) in [6.45, 7) is 4.25. The molecule has 0 radical (unpaired) electrons. The van der Waals surface area contributed by atoms with Crippen molar-refractivity contribution in [2.24, 2.45) is 7.05 Å². The third kappa shape index (κ3) is 2.99. The Labute approximate surface area is 128 Å². The summed E-state index contributed by atoms with van der Waals surface area (Å²) in [5.41, 5.74) is 2.14. The first-order chi connectivity index (χ1) is 10.5. The second-order valence-corrected chi connectivity index (χ2v) is 5.55. The second kappa shape index (κ2) is 5.84. The van der Waals surface area contributed by atoms with E-state index < -0.39 is 0 Å². The Kier molecular flexibility index (Phi) is 3.89. The van der Waals surface area contributed by atoms with Crippen LogP contribution in [0, 0.1) is 13.8 Å². The van der Waals surface area contributed by atoms with E-state index in [9.17, 15) is 4.79 Å². The van der Waals surface area contributed by atoms with E-state index in [1.807, 2.05) is 20.2 Å². The molecule has 22 heavy (non-hydrogen) atoms. The Morgan fingerprint density at radius 2 is 2.23 bits per heavy atom. The van der Waals surface area contributed by atoms with Gasteiger partial charge in [-0.15, -0.1) is 0 Å². The van der Waals surface area contributed by atoms with Gasteiger partial charge in [0.2, 0.25) is 0 Å². The molecule has 0 aromatic carbocycles. The molecule has 0 unspecified atom stereocenters. The molecule has 3 rings (SSSR count). The molecule has 0 saturated carbocycles. The van der Waals surface area contributed by atoms with Crippen molar-refractivity contribution in [2.75, 3.05) is 6.61 Å². The fourth-order valence-corrected chi connectivity index (χ4v) is 2.73. The highest BCUT2D eigenvalue weighted by atomic mass is 16.5. The molecule has 1 fully saturated rings. The first kappa shape index (κ1) is 14.6. The lowest BCUT2D eigenvalue weighted by atomic mass is 10.1. The van der Waals surface area contributed by atoms with Crippen LogP contribution < -0.4 is 5.32 Å². The van der Waals surface area contributed by atoms with Crippen molar-refractivity contribution in [3.05, 3.63) is 41.2 Å². The predicted octanol–water partition coefficient (Wildman–Crippen LogP) is 1.09. The van der Waals surface area contributed by atoms with Crippen LogP contribution in [-0.4, -0.2) is 38.3 Å². The molecule has 2 aromatic heterocycles. The molecule has 116 valence electrons. The highest BCUT2D eigenvalue weighted by molar-refractivity contribution is 5.92. The summed E-state index contributed by atoms with van der Waals surface area (Å²) in [7, 11) is 1.86. The van der Waals surface area contributed by atoms with Crippen molar-refractivity contribution < 1.29 is 9.53 Å². The minimum Gasteiger partial charge on any atom is -0.371 e. The lowest BCUT2D eigenvalue weighted by Crippen LogP contribution is -2.37. The van der Waals surface area contributed by atoms with Crippen LogP contribution in [0.4, 0.5) is 0 Å². The normalized spacial score (nSPS) is 21.0. The van der Waals surface area contributed by atoms with Crippen LogP contribution in [0.15, 0.2) is 18.5 Å². The summed E-state index contributed by atoms with van der Waals surface area (Å²) in [4.78, 5) is 20.8. The molecule has 1 saturated heterocycles. The summed E-state index contributed by atoms with van der Waals surface area (Å²) >= 11 is 0. The number of amides is 1. The highest BCUT2D eigenvalue weighted by Crippen LogP contribution is 2.28. The molecule has 3 heterocycles. The number of ether oxygens (including phenoxy) is 1. The van der Waals surface area contributed by atoms with Gasteiger partial charge in [0.05, 0.1) is 12.2 Å². The number of aryl methyl sites for hydroxylation is 3. The summed E-state index contributed by atoms with van der Waals surface area (Å²) in [5.74, 6) is 0.398. The molecule has 1 N–H and O–H groups in total. The zero-order chi connectivity index (χ0) is 15.7. The van der Waals surface area contributed by atoms with E-state index in [1.54, 1.807) is 23.9 Å². The van der Waals surface area contributed by atoms with E-state index in [-0.39, 0.29) is 18.1 Å². The van der Waals surface area contributed by atoms with Crippen molar-refractivity contribution in [1.82, 2.24) is 25.1 Å². The van der Waals surface area contributed by atoms with Crippen molar-refractivity contribution in [2.45, 2.75) is 32.4 Å². The smallest absolute Gasteiger partial charge is 0.270 e. The standard InChI is InChI=1S/C15H19N5O2/c1-9-6-13(18-10(2)17-9)15(21)19-12-4-5-22-14(12)11-7-16-20(3)8-11/h6-8,12,14H,4-5H2,1-3H3,(H,19,21)/t12-,14+/m0/s1. The van der Waals surface area contributed by atoms with Gasteiger partial charge in [0.15, 0.2) is 0 Å². The molecular weight excluding hydrogens is 282 g/mol. The van der Waals surface area contributed by atoms with Gasteiger partial charge in [0.1, 0.15) is 17.6 Å². The fraction of sp³-hybridized carbons (Fsp3) is 0.467. The fourth-order valence-electron chi connectivity index (χ4n) is 2.73. The van der Waals surface area contributed by atoms with Crippen LogP contribution in [0.25, 0.3) is 0 Å². The van der Waals surface area contributed by atoms with Gasteiger partial charge in [-0.1, -0.05) is 0 Å². The highest BCUT2D eigenvalue weighted by Gasteiger charge is 2.32. The molecule has 1 amide bonds. The minimum atomic E-state index is -0.196. The quantitative estimate of drug-likeness (QED) is 0.917. The minimum absolute atomic E-state index is 0.0766. The van der Waals surface area contributed by atoms with E-state index >= 15 is 0 Å². The maximum atomic E-state index is 12.4. The van der Waals surface area contributed by atoms with Gasteiger partial charge in [0.25, 0.3) is 5.91 Å². The summed E-state index contributed by atoms with van der Waals surface area (Å²) < 4.78 is 7.48. The largest absolute Gasteiger partial charge is 0.371 e. The van der Waals surface area contributed by atoms with E-state index in [2.05, 4.69) is 20.4 Å². The van der Waals surface area contributed by atoms with E-state index in [1.165, 1.54) is 0 Å². The van der Waals surface area contributed by atoms with E-state index in [0.717, 1.165) is 17.7 Å². The maximum Gasteiger partial charge on any atom is 0.270 e.